The van der Waals surface area contributed by atoms with Crippen molar-refractivity contribution in [2.75, 3.05) is 13.2 Å². The van der Waals surface area contributed by atoms with Crippen LogP contribution in [0.15, 0.2) is 91.0 Å². The van der Waals surface area contributed by atoms with Crippen LogP contribution in [0, 0.1) is 0 Å². The van der Waals surface area contributed by atoms with Gasteiger partial charge in [0.05, 0.1) is 35.4 Å². The van der Waals surface area contributed by atoms with Crippen molar-refractivity contribution in [1.29, 1.82) is 0 Å². The number of aliphatic hydroxyl groups excluding tert-OH is 1. The highest BCUT2D eigenvalue weighted by atomic mass is 28.4. The Hall–Kier alpha value is -4.52. The summed E-state index contributed by atoms with van der Waals surface area (Å²) in [5.41, 5.74) is 0.0510. The molecule has 0 aliphatic heterocycles. The molecule has 11 nitrogen and oxygen atoms in total. The fraction of sp³-hybridized carbons (Fsp3) is 0.450. The Morgan fingerprint density at radius 1 is 0.712 bits per heavy atom. The summed E-state index contributed by atoms with van der Waals surface area (Å²) in [7, 11) is -2.73. The second kappa shape index (κ2) is 18.8. The van der Waals surface area contributed by atoms with Gasteiger partial charge in [0.2, 0.25) is 0 Å². The van der Waals surface area contributed by atoms with E-state index in [0.29, 0.717) is 5.56 Å². The van der Waals surface area contributed by atoms with Gasteiger partial charge in [-0.25, -0.2) is 19.2 Å². The van der Waals surface area contributed by atoms with Gasteiger partial charge in [-0.15, -0.1) is 0 Å². The molecule has 3 rings (SSSR count). The third-order valence-electron chi connectivity index (χ3n) is 8.61. The maximum absolute atomic E-state index is 13.4. The zero-order valence-corrected chi connectivity index (χ0v) is 32.4. The second-order valence-electron chi connectivity index (χ2n) is 15.0. The number of ether oxygens (including phenoxy) is 4. The fourth-order valence-electron chi connectivity index (χ4n) is 4.82. The number of carbonyl (C=O) groups is 4. The molecule has 2 N–H and O–H groups in total. The average Bonchev–Trinajstić information content (AvgIpc) is 3.09. The van der Waals surface area contributed by atoms with Crippen LogP contribution in [0.5, 0.6) is 0 Å². The second-order valence-corrected chi connectivity index (χ2v) is 19.8. The molecule has 0 saturated heterocycles. The number of esters is 3. The van der Waals surface area contributed by atoms with Crippen LogP contribution in [0.3, 0.4) is 0 Å². The van der Waals surface area contributed by atoms with Gasteiger partial charge in [0, 0.05) is 0 Å². The van der Waals surface area contributed by atoms with E-state index in [-0.39, 0.29) is 35.6 Å². The zero-order chi connectivity index (χ0) is 38.5. The Labute approximate surface area is 308 Å². The molecule has 3 aromatic rings. The number of nitrogens with one attached hydrogen (secondary N) is 1. The predicted octanol–water partition coefficient (Wildman–Crippen LogP) is 7.35. The van der Waals surface area contributed by atoms with Gasteiger partial charge in [0.25, 0.3) is 0 Å². The van der Waals surface area contributed by atoms with Gasteiger partial charge in [-0.2, -0.15) is 0 Å². The van der Waals surface area contributed by atoms with Crippen LogP contribution in [-0.2, 0) is 23.4 Å². The van der Waals surface area contributed by atoms with Gasteiger partial charge in [0.15, 0.2) is 14.4 Å². The lowest BCUT2D eigenvalue weighted by molar-refractivity contribution is -0.0938. The van der Waals surface area contributed by atoms with E-state index in [0.717, 1.165) is 0 Å². The van der Waals surface area contributed by atoms with E-state index in [1.54, 1.807) is 112 Å². The molecular weight excluding hydrogens is 683 g/mol. The number of benzene rings is 3. The summed E-state index contributed by atoms with van der Waals surface area (Å²) in [6, 6.07) is 24.1. The molecule has 0 fully saturated rings. The standard InChI is InChI=1S/C40H53NO10Si/c1-39(2,3)50-38(46)41-31(25-18-26-47-35(43)28-19-12-9-13-20-28)34(51-52(7,8)40(4,5)6)33(42)32(49-37(45)30-23-16-11-17-24-30)27-48-36(44)29-21-14-10-15-22-29/h9-17,19-24,31-34,42H,18,25-27H2,1-8H3,(H,41,46)/t31-,32-,33+,34-/m0/s1. The first kappa shape index (κ1) is 41.9. The van der Waals surface area contributed by atoms with Crippen molar-refractivity contribution in [3.63, 3.8) is 0 Å². The van der Waals surface area contributed by atoms with Gasteiger partial charge in [0.1, 0.15) is 18.3 Å². The summed E-state index contributed by atoms with van der Waals surface area (Å²) in [5.74, 6) is -1.94. The van der Waals surface area contributed by atoms with Crippen molar-refractivity contribution in [3.8, 4) is 0 Å². The van der Waals surface area contributed by atoms with Crippen LogP contribution < -0.4 is 5.32 Å². The van der Waals surface area contributed by atoms with E-state index in [2.05, 4.69) is 5.32 Å². The number of aliphatic hydroxyl groups is 1. The van der Waals surface area contributed by atoms with Crippen molar-refractivity contribution in [2.45, 2.75) is 102 Å². The van der Waals surface area contributed by atoms with Crippen molar-refractivity contribution in [3.05, 3.63) is 108 Å². The average molecular weight is 736 g/mol. The summed E-state index contributed by atoms with van der Waals surface area (Å²) >= 11 is 0. The van der Waals surface area contributed by atoms with Crippen LogP contribution in [0.25, 0.3) is 0 Å². The number of amides is 1. The minimum absolute atomic E-state index is 0.00421. The molecule has 0 bridgehead atoms. The molecule has 0 aromatic heterocycles. The molecule has 0 heterocycles. The lowest BCUT2D eigenvalue weighted by Gasteiger charge is -2.44. The molecule has 0 saturated carbocycles. The Morgan fingerprint density at radius 2 is 1.17 bits per heavy atom. The molecule has 3 aromatic carbocycles. The van der Waals surface area contributed by atoms with Crippen LogP contribution in [0.4, 0.5) is 4.79 Å². The summed E-state index contributed by atoms with van der Waals surface area (Å²) in [5, 5.41) is 14.8. The van der Waals surface area contributed by atoms with Crippen molar-refractivity contribution < 1.29 is 47.7 Å². The molecule has 0 spiro atoms. The van der Waals surface area contributed by atoms with E-state index >= 15 is 0 Å². The van der Waals surface area contributed by atoms with E-state index in [4.69, 9.17) is 23.4 Å². The highest BCUT2D eigenvalue weighted by molar-refractivity contribution is 6.74. The van der Waals surface area contributed by atoms with Gasteiger partial charge >= 0.3 is 24.0 Å². The third-order valence-corrected chi connectivity index (χ3v) is 13.1. The summed E-state index contributed by atoms with van der Waals surface area (Å²) in [6.07, 6.45) is -4.56. The first-order valence-corrected chi connectivity index (χ1v) is 20.3. The number of carbonyl (C=O) groups excluding carboxylic acids is 4. The molecule has 4 atom stereocenters. The maximum Gasteiger partial charge on any atom is 0.407 e. The topological polar surface area (TPSA) is 147 Å². The van der Waals surface area contributed by atoms with Crippen LogP contribution in [0.2, 0.25) is 18.1 Å². The van der Waals surface area contributed by atoms with E-state index in [9.17, 15) is 24.3 Å². The summed E-state index contributed by atoms with van der Waals surface area (Å²) in [4.78, 5) is 52.3. The van der Waals surface area contributed by atoms with E-state index < -0.39 is 68.9 Å². The van der Waals surface area contributed by atoms with Crippen molar-refractivity contribution in [2.24, 2.45) is 0 Å². The molecule has 282 valence electrons. The smallest absolute Gasteiger partial charge is 0.407 e. The normalized spacial score (nSPS) is 14.2. The van der Waals surface area contributed by atoms with Crippen LogP contribution in [-0.4, -0.2) is 80.6 Å². The SMILES string of the molecule is CC(C)(C)OC(=O)N[C@@H](CCCOC(=O)c1ccccc1)[C@H](O[Si](C)(C)C(C)(C)C)[C@H](O)[C@H](COC(=O)c1ccccc1)OC(=O)c1ccccc1. The predicted molar refractivity (Wildman–Crippen MR) is 200 cm³/mol. The van der Waals surface area contributed by atoms with Crippen LogP contribution >= 0.6 is 0 Å². The maximum atomic E-state index is 13.4. The molecule has 0 radical (unpaired) electrons. The number of alkyl carbamates (subject to hydrolysis) is 1. The minimum Gasteiger partial charge on any atom is -0.462 e. The Bertz CT molecular complexity index is 1590. The fourth-order valence-corrected chi connectivity index (χ4v) is 6.16. The molecule has 0 aliphatic carbocycles. The van der Waals surface area contributed by atoms with Gasteiger partial charge in [-0.05, 0) is 88.1 Å². The molecule has 12 heteroatoms. The largest absolute Gasteiger partial charge is 0.462 e. The van der Waals surface area contributed by atoms with E-state index in [1.807, 2.05) is 33.9 Å². The van der Waals surface area contributed by atoms with Crippen molar-refractivity contribution >= 4 is 32.3 Å². The Kier molecular flexibility index (Phi) is 15.2. The molecule has 0 aliphatic rings. The molecule has 1 amide bonds. The quantitative estimate of drug-likeness (QED) is 0.0663. The summed E-state index contributed by atoms with van der Waals surface area (Å²) < 4.78 is 29.4. The molecular formula is C40H53NO10Si. The number of hydrogen-bond acceptors (Lipinski definition) is 10. The zero-order valence-electron chi connectivity index (χ0n) is 31.4. The third kappa shape index (κ3) is 13.2. The lowest BCUT2D eigenvalue weighted by atomic mass is 9.97. The lowest BCUT2D eigenvalue weighted by Crippen LogP contribution is -2.59. The Balaban J connectivity index is 1.99. The minimum atomic E-state index is -2.73. The monoisotopic (exact) mass is 735 g/mol. The van der Waals surface area contributed by atoms with Gasteiger partial charge in [-0.1, -0.05) is 75.4 Å². The number of rotatable bonds is 16. The van der Waals surface area contributed by atoms with Crippen LogP contribution in [0.1, 0.15) is 85.5 Å². The number of hydrogen-bond donors (Lipinski definition) is 2. The molecule has 0 unspecified atom stereocenters. The summed E-state index contributed by atoms with van der Waals surface area (Å²) in [6.45, 7) is 14.7. The first-order chi connectivity index (χ1) is 24.4. The van der Waals surface area contributed by atoms with Gasteiger partial charge < -0.3 is 33.8 Å². The van der Waals surface area contributed by atoms with E-state index in [1.165, 1.54) is 0 Å². The Morgan fingerprint density at radius 3 is 1.63 bits per heavy atom. The van der Waals surface area contributed by atoms with Gasteiger partial charge in [-0.3, -0.25) is 0 Å². The molecule has 52 heavy (non-hydrogen) atoms. The highest BCUT2D eigenvalue weighted by Crippen LogP contribution is 2.39. The van der Waals surface area contributed by atoms with Crippen molar-refractivity contribution in [1.82, 2.24) is 5.32 Å². The highest BCUT2D eigenvalue weighted by Gasteiger charge is 2.46. The first-order valence-electron chi connectivity index (χ1n) is 17.4.